The van der Waals surface area contributed by atoms with Crippen molar-refractivity contribution in [3.8, 4) is 5.69 Å². The Morgan fingerprint density at radius 2 is 2.00 bits per heavy atom. The van der Waals surface area contributed by atoms with Crippen LogP contribution in [0.25, 0.3) is 5.69 Å². The molecule has 0 radical (unpaired) electrons. The molecule has 0 spiro atoms. The molecule has 5 heteroatoms. The maximum absolute atomic E-state index is 13.1. The summed E-state index contributed by atoms with van der Waals surface area (Å²) in [7, 11) is 1.95. The smallest absolute Gasteiger partial charge is 0.253 e. The van der Waals surface area contributed by atoms with Crippen molar-refractivity contribution in [2.75, 3.05) is 26.7 Å². The van der Waals surface area contributed by atoms with Crippen molar-refractivity contribution in [1.29, 1.82) is 0 Å². The zero-order valence-electron chi connectivity index (χ0n) is 17.7. The fourth-order valence-electron chi connectivity index (χ4n) is 4.27. The highest BCUT2D eigenvalue weighted by Crippen LogP contribution is 2.19. The van der Waals surface area contributed by atoms with Crippen molar-refractivity contribution in [2.45, 2.75) is 31.7 Å². The molecule has 0 saturated carbocycles. The number of aryl methyl sites for hydroxylation is 1. The van der Waals surface area contributed by atoms with Crippen LogP contribution in [0.1, 0.15) is 35.2 Å². The number of amides is 1. The topological polar surface area (TPSA) is 41.4 Å². The molecular weight excluding hydrogens is 372 g/mol. The maximum atomic E-state index is 13.1. The van der Waals surface area contributed by atoms with Crippen LogP contribution in [0.2, 0.25) is 0 Å². The molecule has 4 rings (SSSR count). The van der Waals surface area contributed by atoms with Crippen LogP contribution >= 0.6 is 0 Å². The summed E-state index contributed by atoms with van der Waals surface area (Å²) in [5.74, 6) is 0.0835. The van der Waals surface area contributed by atoms with Crippen LogP contribution < -0.4 is 0 Å². The van der Waals surface area contributed by atoms with E-state index in [9.17, 15) is 4.79 Å². The lowest BCUT2D eigenvalue weighted by atomic mass is 10.0. The standard InChI is InChI=1S/C25H30N4O/c1-27(25(30)22-12-5-13-23(19-22)29-18-8-15-26-29)24-14-7-17-28(20-24)16-6-11-21-9-3-2-4-10-21/h2-5,8-10,12-13,15,18-19,24H,6-7,11,14,16-17,20H2,1H3/t24-/m1/s1. The Kier molecular flexibility index (Phi) is 6.60. The normalized spacial score (nSPS) is 17.0. The summed E-state index contributed by atoms with van der Waals surface area (Å²) in [5.41, 5.74) is 3.02. The predicted molar refractivity (Wildman–Crippen MR) is 120 cm³/mol. The van der Waals surface area contributed by atoms with E-state index in [4.69, 9.17) is 0 Å². The van der Waals surface area contributed by atoms with Crippen LogP contribution in [-0.4, -0.2) is 58.2 Å². The highest BCUT2D eigenvalue weighted by atomic mass is 16.2. The minimum Gasteiger partial charge on any atom is -0.337 e. The van der Waals surface area contributed by atoms with Crippen molar-refractivity contribution in [3.63, 3.8) is 0 Å². The number of rotatable bonds is 7. The van der Waals surface area contributed by atoms with Gasteiger partial charge >= 0.3 is 0 Å². The van der Waals surface area contributed by atoms with Crippen molar-refractivity contribution < 1.29 is 4.79 Å². The van der Waals surface area contributed by atoms with Gasteiger partial charge in [-0.1, -0.05) is 36.4 Å². The SMILES string of the molecule is CN(C(=O)c1cccc(-n2cccn2)c1)[C@@H]1CCCN(CCCc2ccccc2)C1. The molecule has 1 aliphatic rings. The van der Waals surface area contributed by atoms with Crippen LogP contribution in [0.5, 0.6) is 0 Å². The number of piperidine rings is 1. The molecule has 1 saturated heterocycles. The molecule has 2 heterocycles. The summed E-state index contributed by atoms with van der Waals surface area (Å²) in [6.45, 7) is 3.17. The summed E-state index contributed by atoms with van der Waals surface area (Å²) in [4.78, 5) is 17.6. The van der Waals surface area contributed by atoms with E-state index in [2.05, 4.69) is 40.3 Å². The van der Waals surface area contributed by atoms with Gasteiger partial charge in [0.15, 0.2) is 0 Å². The molecule has 30 heavy (non-hydrogen) atoms. The number of likely N-dealkylation sites (N-methyl/N-ethyl adjacent to an activating group) is 1. The van der Waals surface area contributed by atoms with Gasteiger partial charge in [0.05, 0.1) is 5.69 Å². The molecule has 5 nitrogen and oxygen atoms in total. The van der Waals surface area contributed by atoms with Crippen molar-refractivity contribution in [1.82, 2.24) is 19.6 Å². The van der Waals surface area contributed by atoms with Gasteiger partial charge in [-0.25, -0.2) is 4.68 Å². The molecule has 0 aliphatic carbocycles. The van der Waals surface area contributed by atoms with Crippen molar-refractivity contribution >= 4 is 5.91 Å². The summed E-state index contributed by atoms with van der Waals surface area (Å²) in [5, 5.41) is 4.27. The fourth-order valence-corrected chi connectivity index (χ4v) is 4.27. The minimum atomic E-state index is 0.0835. The number of carbonyl (C=O) groups is 1. The van der Waals surface area contributed by atoms with Gasteiger partial charge in [-0.05, 0) is 68.6 Å². The third-order valence-corrected chi connectivity index (χ3v) is 5.99. The first-order chi connectivity index (χ1) is 14.7. The van der Waals surface area contributed by atoms with E-state index in [1.54, 1.807) is 10.9 Å². The average Bonchev–Trinajstić information content (AvgIpc) is 3.34. The second kappa shape index (κ2) is 9.72. The average molecular weight is 403 g/mol. The van der Waals surface area contributed by atoms with Gasteiger partial charge in [0.1, 0.15) is 0 Å². The van der Waals surface area contributed by atoms with Gasteiger partial charge in [0, 0.05) is 37.6 Å². The van der Waals surface area contributed by atoms with E-state index < -0.39 is 0 Å². The lowest BCUT2D eigenvalue weighted by Gasteiger charge is -2.37. The second-order valence-electron chi connectivity index (χ2n) is 8.10. The number of carbonyl (C=O) groups excluding carboxylic acids is 1. The number of nitrogens with zero attached hydrogens (tertiary/aromatic N) is 4. The Balaban J connectivity index is 1.34. The maximum Gasteiger partial charge on any atom is 0.253 e. The first-order valence-corrected chi connectivity index (χ1v) is 10.8. The van der Waals surface area contributed by atoms with Crippen molar-refractivity contribution in [3.05, 3.63) is 84.2 Å². The van der Waals surface area contributed by atoms with Gasteiger partial charge in [-0.2, -0.15) is 5.10 Å². The third kappa shape index (κ3) is 4.97. The molecule has 3 aromatic rings. The molecule has 1 aliphatic heterocycles. The van der Waals surface area contributed by atoms with Gasteiger partial charge < -0.3 is 9.80 Å². The third-order valence-electron chi connectivity index (χ3n) is 5.99. The Bertz CT molecular complexity index is 939. The van der Waals surface area contributed by atoms with Crippen molar-refractivity contribution in [2.24, 2.45) is 0 Å². The van der Waals surface area contributed by atoms with E-state index in [0.717, 1.165) is 51.0 Å². The number of hydrogen-bond donors (Lipinski definition) is 0. The van der Waals surface area contributed by atoms with Gasteiger partial charge in [0.2, 0.25) is 0 Å². The summed E-state index contributed by atoms with van der Waals surface area (Å²) < 4.78 is 1.78. The zero-order chi connectivity index (χ0) is 20.8. The molecule has 0 bridgehead atoms. The molecule has 0 N–H and O–H groups in total. The first kappa shape index (κ1) is 20.4. The number of hydrogen-bond acceptors (Lipinski definition) is 3. The fraction of sp³-hybridized carbons (Fsp3) is 0.360. The molecule has 2 aromatic carbocycles. The van der Waals surface area contributed by atoms with Crippen LogP contribution in [0.15, 0.2) is 73.1 Å². The van der Waals surface area contributed by atoms with E-state index in [0.29, 0.717) is 5.56 Å². The van der Waals surface area contributed by atoms with E-state index in [1.807, 2.05) is 48.5 Å². The van der Waals surface area contributed by atoms with Crippen LogP contribution in [0, 0.1) is 0 Å². The van der Waals surface area contributed by atoms with E-state index in [1.165, 1.54) is 5.56 Å². The van der Waals surface area contributed by atoms with Gasteiger partial charge in [-0.15, -0.1) is 0 Å². The molecule has 0 unspecified atom stereocenters. The summed E-state index contributed by atoms with van der Waals surface area (Å²) in [6, 6.07) is 20.5. The number of benzene rings is 2. The first-order valence-electron chi connectivity index (χ1n) is 10.8. The molecule has 1 atom stereocenters. The molecule has 1 aromatic heterocycles. The predicted octanol–water partition coefficient (Wildman–Crippen LogP) is 4.04. The Morgan fingerprint density at radius 1 is 1.13 bits per heavy atom. The second-order valence-corrected chi connectivity index (χ2v) is 8.10. The molecule has 1 fully saturated rings. The molecule has 156 valence electrons. The highest BCUT2D eigenvalue weighted by molar-refractivity contribution is 5.94. The Hall–Kier alpha value is -2.92. The summed E-state index contributed by atoms with van der Waals surface area (Å²) >= 11 is 0. The van der Waals surface area contributed by atoms with Gasteiger partial charge in [-0.3, -0.25) is 4.79 Å². The van der Waals surface area contributed by atoms with Crippen LogP contribution in [0.4, 0.5) is 0 Å². The van der Waals surface area contributed by atoms with Crippen LogP contribution in [0.3, 0.4) is 0 Å². The number of aromatic nitrogens is 2. The van der Waals surface area contributed by atoms with Crippen LogP contribution in [-0.2, 0) is 6.42 Å². The van der Waals surface area contributed by atoms with E-state index in [-0.39, 0.29) is 11.9 Å². The lowest BCUT2D eigenvalue weighted by molar-refractivity contribution is 0.0617. The largest absolute Gasteiger partial charge is 0.337 e. The summed E-state index contributed by atoms with van der Waals surface area (Å²) in [6.07, 6.45) is 8.10. The molecular formula is C25H30N4O. The monoisotopic (exact) mass is 402 g/mol. The Labute approximate surface area is 178 Å². The highest BCUT2D eigenvalue weighted by Gasteiger charge is 2.26. The Morgan fingerprint density at radius 3 is 2.80 bits per heavy atom. The van der Waals surface area contributed by atoms with E-state index >= 15 is 0 Å². The quantitative estimate of drug-likeness (QED) is 0.599. The zero-order valence-corrected chi connectivity index (χ0v) is 17.7. The minimum absolute atomic E-state index is 0.0835. The van der Waals surface area contributed by atoms with Gasteiger partial charge in [0.25, 0.3) is 5.91 Å². The molecule has 1 amide bonds. The number of likely N-dealkylation sites (tertiary alicyclic amines) is 1. The lowest BCUT2D eigenvalue weighted by Crippen LogP contribution is -2.48.